The number of halogens is 3. The SMILES string of the molecule is COC(=O)c1cc(N(C)C)n2nc(-c3ncc(Br)cc3Cl)cc2n1.COC(=O)c1cc(N2CCCC2)n2nc(-c3ccc(Br)cc3)cc2n1.COC(=O)c1cc(N2CCCC2)n2nc(-c3ccc(N(C)C)cc3)cc2n1. The van der Waals surface area contributed by atoms with Gasteiger partial charge in [0, 0.05) is 123 Å². The van der Waals surface area contributed by atoms with Gasteiger partial charge < -0.3 is 33.8 Å². The summed E-state index contributed by atoms with van der Waals surface area (Å²) in [5.74, 6) is 1.06. The van der Waals surface area contributed by atoms with Gasteiger partial charge in [-0.2, -0.15) is 28.8 Å². The zero-order valence-electron chi connectivity index (χ0n) is 42.7. The van der Waals surface area contributed by atoms with Crippen LogP contribution in [0.5, 0.6) is 0 Å². The van der Waals surface area contributed by atoms with E-state index in [0.717, 1.165) is 101 Å². The maximum atomic E-state index is 12.1. The molecule has 0 unspecified atom stereocenters. The maximum absolute atomic E-state index is 12.1. The largest absolute Gasteiger partial charge is 0.464 e. The second-order valence-corrected chi connectivity index (χ2v) is 20.3. The molecule has 0 N–H and O–H groups in total. The number of nitrogens with zero attached hydrogens (tertiary/aromatic N) is 14. The predicted octanol–water partition coefficient (Wildman–Crippen LogP) is 9.45. The number of carbonyl (C=O) groups is 3. The fourth-order valence-corrected chi connectivity index (χ4v) is 9.71. The van der Waals surface area contributed by atoms with Gasteiger partial charge in [-0.3, -0.25) is 4.98 Å². The minimum absolute atomic E-state index is 0.204. The van der Waals surface area contributed by atoms with Crippen LogP contribution in [0.25, 0.3) is 50.8 Å². The highest BCUT2D eigenvalue weighted by molar-refractivity contribution is 9.10. The average molecular weight is 1180 g/mol. The van der Waals surface area contributed by atoms with Gasteiger partial charge in [0.2, 0.25) is 0 Å². The molecule has 0 aliphatic carbocycles. The number of hydrogen-bond acceptors (Lipinski definition) is 17. The predicted molar refractivity (Wildman–Crippen MR) is 299 cm³/mol. The van der Waals surface area contributed by atoms with E-state index < -0.39 is 17.9 Å². The Morgan fingerprint density at radius 2 is 0.947 bits per heavy atom. The quantitative estimate of drug-likeness (QED) is 0.0927. The van der Waals surface area contributed by atoms with Crippen molar-refractivity contribution in [2.75, 3.05) is 95.3 Å². The van der Waals surface area contributed by atoms with Crippen LogP contribution in [-0.4, -0.2) is 142 Å². The molecule has 0 bridgehead atoms. The van der Waals surface area contributed by atoms with E-state index in [1.165, 1.54) is 21.3 Å². The number of esters is 3. The van der Waals surface area contributed by atoms with Crippen molar-refractivity contribution in [3.8, 4) is 33.9 Å². The smallest absolute Gasteiger partial charge is 0.356 e. The zero-order chi connectivity index (χ0) is 53.8. The lowest BCUT2D eigenvalue weighted by Crippen LogP contribution is -2.22. The van der Waals surface area contributed by atoms with Crippen LogP contribution in [0, 0.1) is 0 Å². The maximum Gasteiger partial charge on any atom is 0.356 e. The van der Waals surface area contributed by atoms with E-state index in [1.807, 2.05) is 90.7 Å². The van der Waals surface area contributed by atoms with Crippen molar-refractivity contribution in [3.63, 3.8) is 0 Å². The number of ether oxygens (including phenoxy) is 3. The molecule has 0 spiro atoms. The van der Waals surface area contributed by atoms with Crippen molar-refractivity contribution in [2.45, 2.75) is 25.7 Å². The molecule has 2 saturated heterocycles. The van der Waals surface area contributed by atoms with E-state index in [0.29, 0.717) is 50.6 Å². The molecule has 0 atom stereocenters. The highest BCUT2D eigenvalue weighted by Crippen LogP contribution is 2.31. The van der Waals surface area contributed by atoms with E-state index in [2.05, 4.69) is 83.7 Å². The molecule has 2 aliphatic heterocycles. The van der Waals surface area contributed by atoms with Gasteiger partial charge in [0.05, 0.1) is 37.7 Å². The molecule has 76 heavy (non-hydrogen) atoms. The van der Waals surface area contributed by atoms with Gasteiger partial charge in [0.25, 0.3) is 0 Å². The fourth-order valence-electron chi connectivity index (χ4n) is 8.72. The normalized spacial score (nSPS) is 13.1. The highest BCUT2D eigenvalue weighted by atomic mass is 79.9. The Morgan fingerprint density at radius 3 is 1.38 bits per heavy atom. The molecule has 7 aromatic heterocycles. The van der Waals surface area contributed by atoms with Crippen LogP contribution in [0.4, 0.5) is 23.1 Å². The summed E-state index contributed by atoms with van der Waals surface area (Å²) in [4.78, 5) is 61.8. The Morgan fingerprint density at radius 1 is 0.526 bits per heavy atom. The molecular formula is C53H53Br2ClN14O6. The molecule has 0 radical (unpaired) electrons. The molecule has 0 amide bonds. The van der Waals surface area contributed by atoms with Gasteiger partial charge in [-0.05, 0) is 71.9 Å². The molecule has 11 rings (SSSR count). The summed E-state index contributed by atoms with van der Waals surface area (Å²) < 4.78 is 21.5. The first-order valence-electron chi connectivity index (χ1n) is 24.1. The number of hydrogen-bond donors (Lipinski definition) is 0. The number of carbonyl (C=O) groups excluding carboxylic acids is 3. The van der Waals surface area contributed by atoms with Crippen LogP contribution in [-0.2, 0) is 14.2 Å². The summed E-state index contributed by atoms with van der Waals surface area (Å²) in [7, 11) is 11.8. The van der Waals surface area contributed by atoms with Gasteiger partial charge >= 0.3 is 17.9 Å². The lowest BCUT2D eigenvalue weighted by molar-refractivity contribution is 0.0585. The molecule has 9 heterocycles. The van der Waals surface area contributed by atoms with Gasteiger partial charge in [-0.15, -0.1) is 0 Å². The van der Waals surface area contributed by atoms with E-state index in [-0.39, 0.29) is 5.69 Å². The number of anilines is 4. The van der Waals surface area contributed by atoms with Crippen LogP contribution < -0.4 is 19.6 Å². The fraction of sp³-hybridized carbons (Fsp3) is 0.283. The van der Waals surface area contributed by atoms with Crippen LogP contribution in [0.1, 0.15) is 57.1 Å². The first kappa shape index (κ1) is 53.1. The van der Waals surface area contributed by atoms with Crippen LogP contribution >= 0.6 is 43.5 Å². The summed E-state index contributed by atoms with van der Waals surface area (Å²) in [6.07, 6.45) is 6.19. The zero-order valence-corrected chi connectivity index (χ0v) is 46.7. The van der Waals surface area contributed by atoms with Crippen LogP contribution in [0.3, 0.4) is 0 Å². The standard InChI is InChI=1S/C20H23N5O2.C18H17BrN4O2.C15H13BrClN5O2/c1-23(2)15-8-6-14(7-9-15)16-12-18-21-17(20(26)27-3)13-19(25(18)22-16)24-10-4-5-11-24;1-25-18(24)15-11-17(22-8-2-3-9-22)23-16(20-15)10-14(21-23)12-4-6-13(19)7-5-12;1-21(2)13-6-11(15(23)24-3)19-12-5-10(20-22(12)13)14-9(17)4-8(16)7-18-14/h6-9,12-13H,4-5,10-11H2,1-3H3;4-7,10-11H,2-3,8-9H2,1H3;4-7H,1-3H3. The van der Waals surface area contributed by atoms with Gasteiger partial charge in [0.1, 0.15) is 28.8 Å². The number of fused-ring (bicyclic) bond motifs is 3. The number of methoxy groups -OCH3 is 3. The Bertz CT molecular complexity index is 3590. The van der Waals surface area contributed by atoms with Crippen LogP contribution in [0.15, 0.2) is 106 Å². The first-order chi connectivity index (χ1) is 36.6. The molecular weight excluding hydrogens is 1120 g/mol. The van der Waals surface area contributed by atoms with Crippen LogP contribution in [0.2, 0.25) is 5.02 Å². The molecule has 0 saturated carbocycles. The van der Waals surface area contributed by atoms with Crippen molar-refractivity contribution in [1.82, 2.24) is 48.8 Å². The molecule has 23 heteroatoms. The third kappa shape index (κ3) is 11.4. The van der Waals surface area contributed by atoms with Crippen molar-refractivity contribution < 1.29 is 28.6 Å². The third-order valence-electron chi connectivity index (χ3n) is 12.6. The summed E-state index contributed by atoms with van der Waals surface area (Å²) in [5.41, 5.74) is 8.49. The second kappa shape index (κ2) is 23.1. The Balaban J connectivity index is 0.000000140. The van der Waals surface area contributed by atoms with Crippen molar-refractivity contribution in [3.05, 3.63) is 128 Å². The molecule has 2 fully saturated rings. The lowest BCUT2D eigenvalue weighted by Gasteiger charge is -2.18. The molecule has 9 aromatic rings. The highest BCUT2D eigenvalue weighted by Gasteiger charge is 2.24. The summed E-state index contributed by atoms with van der Waals surface area (Å²) >= 11 is 13.0. The first-order valence-corrected chi connectivity index (χ1v) is 26.1. The lowest BCUT2D eigenvalue weighted by atomic mass is 10.1. The molecule has 2 aliphatic rings. The number of benzene rings is 2. The Hall–Kier alpha value is -7.69. The second-order valence-electron chi connectivity index (χ2n) is 18.1. The number of pyridine rings is 1. The van der Waals surface area contributed by atoms with Crippen molar-refractivity contribution >= 4 is 101 Å². The topological polar surface area (TPSA) is 195 Å². The third-order valence-corrected chi connectivity index (χ3v) is 13.8. The monoisotopic (exact) mass is 1170 g/mol. The summed E-state index contributed by atoms with van der Waals surface area (Å²) in [6, 6.07) is 28.6. The van der Waals surface area contributed by atoms with Gasteiger partial charge in [-0.1, -0.05) is 51.8 Å². The molecule has 20 nitrogen and oxygen atoms in total. The number of rotatable bonds is 10. The Labute approximate surface area is 459 Å². The van der Waals surface area contributed by atoms with E-state index >= 15 is 0 Å². The van der Waals surface area contributed by atoms with Gasteiger partial charge in [-0.25, -0.2) is 29.3 Å². The van der Waals surface area contributed by atoms with E-state index in [4.69, 9.17) is 36.0 Å². The summed E-state index contributed by atoms with van der Waals surface area (Å²) in [5, 5.41) is 14.5. The van der Waals surface area contributed by atoms with Crippen molar-refractivity contribution in [2.24, 2.45) is 0 Å². The van der Waals surface area contributed by atoms with Gasteiger partial charge in [0.15, 0.2) is 34.0 Å². The van der Waals surface area contributed by atoms with E-state index in [9.17, 15) is 14.4 Å². The molecule has 392 valence electrons. The molecule has 2 aromatic carbocycles. The van der Waals surface area contributed by atoms with E-state index in [1.54, 1.807) is 41.0 Å². The number of aromatic nitrogens is 10. The summed E-state index contributed by atoms with van der Waals surface area (Å²) in [6.45, 7) is 3.80. The minimum Gasteiger partial charge on any atom is -0.464 e. The minimum atomic E-state index is -0.511. The van der Waals surface area contributed by atoms with Crippen molar-refractivity contribution in [1.29, 1.82) is 0 Å². The average Bonchev–Trinajstić information content (AvgIpc) is 4.30. The Kier molecular flexibility index (Phi) is 16.1.